The molecule has 2 aromatic rings. The van der Waals surface area contributed by atoms with Crippen LogP contribution in [0.25, 0.3) is 6.08 Å². The first kappa shape index (κ1) is 19.1. The second-order valence-electron chi connectivity index (χ2n) is 5.33. The zero-order valence-corrected chi connectivity index (χ0v) is 15.6. The lowest BCUT2D eigenvalue weighted by Crippen LogP contribution is -2.33. The van der Waals surface area contributed by atoms with Gasteiger partial charge in [0, 0.05) is 18.0 Å². The van der Waals surface area contributed by atoms with Gasteiger partial charge in [-0.3, -0.25) is 9.59 Å². The van der Waals surface area contributed by atoms with Crippen molar-refractivity contribution in [3.05, 3.63) is 65.2 Å². The second kappa shape index (κ2) is 9.30. The average Bonchev–Trinajstić information content (AvgIpc) is 2.62. The number of hydrogen-bond donors (Lipinski definition) is 1. The highest BCUT2D eigenvalue weighted by Gasteiger charge is 2.11. The summed E-state index contributed by atoms with van der Waals surface area (Å²) >= 11 is 7.66. The van der Waals surface area contributed by atoms with Gasteiger partial charge in [0.15, 0.2) is 0 Å². The molecule has 0 saturated heterocycles. The summed E-state index contributed by atoms with van der Waals surface area (Å²) in [5.74, 6) is -0.551. The summed E-state index contributed by atoms with van der Waals surface area (Å²) in [6.45, 7) is -0.0557. The standard InChI is InChI=1S/C19H19ClN2O2S/c1-22(13-18(23)21-17-6-4-3-5-16(17)20)19(24)12-9-14-7-10-15(25-2)11-8-14/h3-12H,13H2,1-2H3,(H,21,23)/b12-9+. The molecule has 0 aliphatic rings. The number of benzene rings is 2. The van der Waals surface area contributed by atoms with Gasteiger partial charge in [0.1, 0.15) is 0 Å². The lowest BCUT2D eigenvalue weighted by molar-refractivity contribution is -0.129. The maximum absolute atomic E-state index is 12.1. The topological polar surface area (TPSA) is 49.4 Å². The summed E-state index contributed by atoms with van der Waals surface area (Å²) in [6, 6.07) is 14.8. The van der Waals surface area contributed by atoms with Crippen molar-refractivity contribution in [2.24, 2.45) is 0 Å². The molecule has 2 aromatic carbocycles. The van der Waals surface area contributed by atoms with Crippen molar-refractivity contribution in [1.82, 2.24) is 4.90 Å². The van der Waals surface area contributed by atoms with Crippen LogP contribution in [0.1, 0.15) is 5.56 Å². The number of nitrogens with zero attached hydrogens (tertiary/aromatic N) is 1. The number of carbonyl (C=O) groups is 2. The molecule has 0 fully saturated rings. The Bertz CT molecular complexity index is 775. The SMILES string of the molecule is CSc1ccc(/C=C/C(=O)N(C)CC(=O)Nc2ccccc2Cl)cc1. The fraction of sp³-hybridized carbons (Fsp3) is 0.158. The van der Waals surface area contributed by atoms with E-state index in [2.05, 4.69) is 5.32 Å². The molecule has 0 unspecified atom stereocenters. The molecule has 0 heterocycles. The van der Waals surface area contributed by atoms with Gasteiger partial charge in [0.05, 0.1) is 17.3 Å². The first-order chi connectivity index (χ1) is 12.0. The van der Waals surface area contributed by atoms with Crippen LogP contribution in [-0.4, -0.2) is 36.6 Å². The van der Waals surface area contributed by atoms with E-state index in [0.29, 0.717) is 10.7 Å². The van der Waals surface area contributed by atoms with E-state index >= 15 is 0 Å². The van der Waals surface area contributed by atoms with Crippen LogP contribution in [0, 0.1) is 0 Å². The molecule has 0 aromatic heterocycles. The Morgan fingerprint density at radius 3 is 2.48 bits per heavy atom. The van der Waals surface area contributed by atoms with Gasteiger partial charge in [-0.2, -0.15) is 0 Å². The number of para-hydroxylation sites is 1. The highest BCUT2D eigenvalue weighted by atomic mass is 35.5. The van der Waals surface area contributed by atoms with Crippen molar-refractivity contribution in [3.8, 4) is 0 Å². The van der Waals surface area contributed by atoms with Gasteiger partial charge >= 0.3 is 0 Å². The summed E-state index contributed by atoms with van der Waals surface area (Å²) in [5.41, 5.74) is 1.46. The van der Waals surface area contributed by atoms with Crippen molar-refractivity contribution < 1.29 is 9.59 Å². The largest absolute Gasteiger partial charge is 0.333 e. The lowest BCUT2D eigenvalue weighted by Gasteiger charge is -2.15. The number of amides is 2. The average molecular weight is 375 g/mol. The Labute approximate surface area is 156 Å². The minimum atomic E-state index is -0.304. The smallest absolute Gasteiger partial charge is 0.246 e. The molecule has 2 rings (SSSR count). The molecular formula is C19H19ClN2O2S. The molecule has 6 heteroatoms. The molecule has 2 amide bonds. The molecule has 25 heavy (non-hydrogen) atoms. The fourth-order valence-electron chi connectivity index (χ4n) is 2.06. The quantitative estimate of drug-likeness (QED) is 0.609. The highest BCUT2D eigenvalue weighted by molar-refractivity contribution is 7.98. The number of anilines is 1. The zero-order chi connectivity index (χ0) is 18.2. The molecule has 0 aliphatic carbocycles. The molecule has 0 bridgehead atoms. The number of thioether (sulfide) groups is 1. The van der Waals surface area contributed by atoms with E-state index in [4.69, 9.17) is 11.6 Å². The minimum Gasteiger partial charge on any atom is -0.333 e. The van der Waals surface area contributed by atoms with E-state index in [-0.39, 0.29) is 18.4 Å². The first-order valence-electron chi connectivity index (χ1n) is 7.61. The number of halogens is 1. The molecule has 0 saturated carbocycles. The summed E-state index contributed by atoms with van der Waals surface area (Å²) in [7, 11) is 1.58. The first-order valence-corrected chi connectivity index (χ1v) is 9.21. The van der Waals surface area contributed by atoms with Crippen LogP contribution in [0.5, 0.6) is 0 Å². The third kappa shape index (κ3) is 5.96. The molecule has 130 valence electrons. The number of rotatable bonds is 6. The van der Waals surface area contributed by atoms with E-state index in [1.54, 1.807) is 49.2 Å². The molecule has 0 aliphatic heterocycles. The van der Waals surface area contributed by atoms with Gasteiger partial charge in [0.2, 0.25) is 11.8 Å². The number of hydrogen-bond acceptors (Lipinski definition) is 3. The van der Waals surface area contributed by atoms with Crippen LogP contribution in [0.4, 0.5) is 5.69 Å². The Morgan fingerprint density at radius 2 is 1.84 bits per heavy atom. The Balaban J connectivity index is 1.89. The van der Waals surface area contributed by atoms with Crippen LogP contribution >= 0.6 is 23.4 Å². The predicted molar refractivity (Wildman–Crippen MR) is 105 cm³/mol. The third-order valence-corrected chi connectivity index (χ3v) is 4.51. The van der Waals surface area contributed by atoms with Crippen molar-refractivity contribution in [1.29, 1.82) is 0 Å². The lowest BCUT2D eigenvalue weighted by atomic mass is 10.2. The van der Waals surface area contributed by atoms with Gasteiger partial charge < -0.3 is 10.2 Å². The van der Waals surface area contributed by atoms with E-state index in [9.17, 15) is 9.59 Å². The van der Waals surface area contributed by atoms with Crippen LogP contribution in [0.3, 0.4) is 0 Å². The molecule has 0 radical (unpaired) electrons. The normalized spacial score (nSPS) is 10.7. The van der Waals surface area contributed by atoms with E-state index in [1.807, 2.05) is 30.5 Å². The summed E-state index contributed by atoms with van der Waals surface area (Å²) in [4.78, 5) is 26.7. The molecule has 0 spiro atoms. The Hall–Kier alpha value is -2.24. The molecule has 1 N–H and O–H groups in total. The van der Waals surface area contributed by atoms with Gasteiger partial charge in [0.25, 0.3) is 0 Å². The van der Waals surface area contributed by atoms with Crippen LogP contribution in [0.15, 0.2) is 59.5 Å². The molecule has 0 atom stereocenters. The maximum Gasteiger partial charge on any atom is 0.246 e. The van der Waals surface area contributed by atoms with E-state index in [0.717, 1.165) is 10.5 Å². The predicted octanol–water partition coefficient (Wildman–Crippen LogP) is 4.17. The van der Waals surface area contributed by atoms with Crippen LogP contribution in [0.2, 0.25) is 5.02 Å². The van der Waals surface area contributed by atoms with Gasteiger partial charge in [-0.05, 0) is 42.2 Å². The van der Waals surface area contributed by atoms with Crippen molar-refractivity contribution >= 4 is 46.9 Å². The summed E-state index contributed by atoms with van der Waals surface area (Å²) in [5, 5.41) is 3.15. The van der Waals surface area contributed by atoms with Crippen molar-refractivity contribution in [2.45, 2.75) is 4.90 Å². The monoisotopic (exact) mass is 374 g/mol. The van der Waals surface area contributed by atoms with Gasteiger partial charge in [-0.1, -0.05) is 35.9 Å². The molecular weight excluding hydrogens is 356 g/mol. The van der Waals surface area contributed by atoms with Gasteiger partial charge in [-0.15, -0.1) is 11.8 Å². The molecule has 4 nitrogen and oxygen atoms in total. The number of nitrogens with one attached hydrogen (secondary N) is 1. The van der Waals surface area contributed by atoms with Crippen LogP contribution in [-0.2, 0) is 9.59 Å². The second-order valence-corrected chi connectivity index (χ2v) is 6.62. The fourth-order valence-corrected chi connectivity index (χ4v) is 2.65. The minimum absolute atomic E-state index is 0.0557. The van der Waals surface area contributed by atoms with E-state index < -0.39 is 0 Å². The van der Waals surface area contributed by atoms with Crippen molar-refractivity contribution in [3.63, 3.8) is 0 Å². The zero-order valence-electron chi connectivity index (χ0n) is 14.0. The Kier molecular flexibility index (Phi) is 7.10. The van der Waals surface area contributed by atoms with Gasteiger partial charge in [-0.25, -0.2) is 0 Å². The summed E-state index contributed by atoms with van der Waals surface area (Å²) in [6.07, 6.45) is 5.20. The highest BCUT2D eigenvalue weighted by Crippen LogP contribution is 2.20. The van der Waals surface area contributed by atoms with Crippen LogP contribution < -0.4 is 5.32 Å². The number of carbonyl (C=O) groups excluding carboxylic acids is 2. The van der Waals surface area contributed by atoms with Crippen molar-refractivity contribution in [2.75, 3.05) is 25.2 Å². The third-order valence-electron chi connectivity index (χ3n) is 3.44. The maximum atomic E-state index is 12.1. The number of likely N-dealkylation sites (N-methyl/N-ethyl adjacent to an activating group) is 1. The van der Waals surface area contributed by atoms with E-state index in [1.165, 1.54) is 11.0 Å². The Morgan fingerprint density at radius 1 is 1.16 bits per heavy atom. The summed E-state index contributed by atoms with van der Waals surface area (Å²) < 4.78 is 0.